The highest BCUT2D eigenvalue weighted by atomic mass is 16.5. The molecule has 5 rings (SSSR count). The Morgan fingerprint density at radius 1 is 0.969 bits per heavy atom. The third-order valence-corrected chi connectivity index (χ3v) is 6.31. The number of aryl methyl sites for hydroxylation is 4. The number of fused-ring (bicyclic) bond motifs is 3. The largest absolute Gasteiger partial charge is 0.494 e. The van der Waals surface area contributed by atoms with Gasteiger partial charge in [0.25, 0.3) is 0 Å². The van der Waals surface area contributed by atoms with Crippen molar-refractivity contribution in [2.24, 2.45) is 0 Å². The molecule has 1 atom stereocenters. The molecule has 2 aromatic heterocycles. The number of nitrogens with zero attached hydrogens (tertiary/aromatic N) is 3. The van der Waals surface area contributed by atoms with Crippen molar-refractivity contribution in [1.82, 2.24) is 14.3 Å². The molecule has 1 unspecified atom stereocenters. The first-order valence-electron chi connectivity index (χ1n) is 11.2. The van der Waals surface area contributed by atoms with E-state index in [1.807, 2.05) is 19.1 Å². The minimum Gasteiger partial charge on any atom is -0.494 e. The fourth-order valence-corrected chi connectivity index (χ4v) is 5.00. The number of ether oxygens (including phenoxy) is 1. The second-order valence-corrected chi connectivity index (χ2v) is 8.76. The smallest absolute Gasteiger partial charge is 0.149 e. The molecule has 1 aliphatic rings. The SMILES string of the molecule is CCOc1ccc(-n2c(C)cc(C3Nc4c(C)cc(C)cc4-c4cc(C)nn43)c2C)cc1. The molecule has 2 aromatic carbocycles. The minimum absolute atomic E-state index is 0.0599. The van der Waals surface area contributed by atoms with E-state index >= 15 is 0 Å². The second-order valence-electron chi connectivity index (χ2n) is 8.76. The average Bonchev–Trinajstić information content (AvgIpc) is 3.28. The quantitative estimate of drug-likeness (QED) is 0.419. The van der Waals surface area contributed by atoms with Crippen LogP contribution in [-0.4, -0.2) is 21.0 Å². The van der Waals surface area contributed by atoms with E-state index in [2.05, 4.69) is 85.6 Å². The van der Waals surface area contributed by atoms with Gasteiger partial charge in [0.2, 0.25) is 0 Å². The molecule has 4 aromatic rings. The first-order chi connectivity index (χ1) is 15.4. The van der Waals surface area contributed by atoms with Crippen molar-refractivity contribution < 1.29 is 4.74 Å². The molecular weight excluding hydrogens is 396 g/mol. The molecule has 0 spiro atoms. The molecule has 0 fully saturated rings. The molecule has 0 bridgehead atoms. The van der Waals surface area contributed by atoms with Gasteiger partial charge in [-0.3, -0.25) is 0 Å². The van der Waals surface area contributed by atoms with Gasteiger partial charge in [0.15, 0.2) is 0 Å². The summed E-state index contributed by atoms with van der Waals surface area (Å²) < 4.78 is 10.1. The lowest BCUT2D eigenvalue weighted by molar-refractivity contribution is 0.340. The Balaban J connectivity index is 1.62. The summed E-state index contributed by atoms with van der Waals surface area (Å²) in [6.07, 6.45) is -0.0599. The topological polar surface area (TPSA) is 44.0 Å². The fourth-order valence-electron chi connectivity index (χ4n) is 5.00. The second kappa shape index (κ2) is 7.59. The van der Waals surface area contributed by atoms with E-state index in [9.17, 15) is 0 Å². The Morgan fingerprint density at radius 3 is 2.44 bits per heavy atom. The first-order valence-corrected chi connectivity index (χ1v) is 11.2. The van der Waals surface area contributed by atoms with Crippen LogP contribution in [0.25, 0.3) is 16.9 Å². The number of aromatic nitrogens is 3. The summed E-state index contributed by atoms with van der Waals surface area (Å²) >= 11 is 0. The third kappa shape index (κ3) is 3.20. The monoisotopic (exact) mass is 426 g/mol. The van der Waals surface area contributed by atoms with Crippen LogP contribution in [-0.2, 0) is 0 Å². The molecule has 5 heteroatoms. The van der Waals surface area contributed by atoms with E-state index in [1.54, 1.807) is 0 Å². The first kappa shape index (κ1) is 20.4. The summed E-state index contributed by atoms with van der Waals surface area (Å²) in [6.45, 7) is 13.4. The number of benzene rings is 2. The van der Waals surface area contributed by atoms with Gasteiger partial charge in [-0.2, -0.15) is 5.10 Å². The van der Waals surface area contributed by atoms with Crippen LogP contribution in [0.5, 0.6) is 5.75 Å². The van der Waals surface area contributed by atoms with E-state index in [0.29, 0.717) is 6.61 Å². The van der Waals surface area contributed by atoms with Crippen molar-refractivity contribution in [3.63, 3.8) is 0 Å². The molecule has 0 saturated heterocycles. The Hall–Kier alpha value is -3.47. The Kier molecular flexibility index (Phi) is 4.85. The molecule has 32 heavy (non-hydrogen) atoms. The molecule has 1 N–H and O–H groups in total. The Morgan fingerprint density at radius 2 is 1.72 bits per heavy atom. The predicted octanol–water partition coefficient (Wildman–Crippen LogP) is 6.25. The summed E-state index contributed by atoms with van der Waals surface area (Å²) in [5.41, 5.74) is 11.9. The molecule has 0 aliphatic carbocycles. The highest BCUT2D eigenvalue weighted by Gasteiger charge is 2.30. The van der Waals surface area contributed by atoms with Crippen molar-refractivity contribution >= 4 is 5.69 Å². The molecule has 5 nitrogen and oxygen atoms in total. The van der Waals surface area contributed by atoms with E-state index in [0.717, 1.165) is 17.1 Å². The summed E-state index contributed by atoms with van der Waals surface area (Å²) in [5, 5.41) is 8.68. The number of nitrogens with one attached hydrogen (secondary N) is 1. The third-order valence-electron chi connectivity index (χ3n) is 6.31. The molecule has 3 heterocycles. The van der Waals surface area contributed by atoms with E-state index in [-0.39, 0.29) is 6.17 Å². The van der Waals surface area contributed by atoms with Crippen LogP contribution in [0.4, 0.5) is 5.69 Å². The van der Waals surface area contributed by atoms with Gasteiger partial charge in [-0.1, -0.05) is 11.6 Å². The van der Waals surface area contributed by atoms with E-state index < -0.39 is 0 Å². The van der Waals surface area contributed by atoms with Crippen molar-refractivity contribution in [1.29, 1.82) is 0 Å². The zero-order valence-electron chi connectivity index (χ0n) is 19.7. The number of anilines is 1. The van der Waals surface area contributed by atoms with Crippen LogP contribution in [0.15, 0.2) is 48.5 Å². The average molecular weight is 427 g/mol. The highest BCUT2D eigenvalue weighted by Crippen LogP contribution is 2.42. The van der Waals surface area contributed by atoms with E-state index in [4.69, 9.17) is 9.84 Å². The predicted molar refractivity (Wildman–Crippen MR) is 130 cm³/mol. The summed E-state index contributed by atoms with van der Waals surface area (Å²) in [6, 6.07) is 17.3. The van der Waals surface area contributed by atoms with Crippen LogP contribution < -0.4 is 10.1 Å². The Labute approximate surface area is 189 Å². The number of rotatable bonds is 4. The molecule has 164 valence electrons. The molecule has 0 amide bonds. The number of hydrogen-bond donors (Lipinski definition) is 1. The van der Waals surface area contributed by atoms with Crippen molar-refractivity contribution in [2.75, 3.05) is 11.9 Å². The van der Waals surface area contributed by atoms with E-state index in [1.165, 1.54) is 45.0 Å². The lowest BCUT2D eigenvalue weighted by atomic mass is 9.98. The van der Waals surface area contributed by atoms with Crippen LogP contribution in [0.2, 0.25) is 0 Å². The zero-order valence-corrected chi connectivity index (χ0v) is 19.7. The van der Waals surface area contributed by atoms with Gasteiger partial charge in [-0.05, 0) is 89.6 Å². The molecular formula is C27H30N4O. The summed E-state index contributed by atoms with van der Waals surface area (Å²) in [4.78, 5) is 0. The van der Waals surface area contributed by atoms with Gasteiger partial charge in [0.1, 0.15) is 11.9 Å². The molecule has 0 saturated carbocycles. The van der Waals surface area contributed by atoms with Gasteiger partial charge < -0.3 is 14.6 Å². The maximum Gasteiger partial charge on any atom is 0.149 e. The van der Waals surface area contributed by atoms with Crippen LogP contribution in [0.1, 0.15) is 46.9 Å². The van der Waals surface area contributed by atoms with Crippen LogP contribution in [0, 0.1) is 34.6 Å². The lowest BCUT2D eigenvalue weighted by Crippen LogP contribution is -2.26. The van der Waals surface area contributed by atoms with Crippen molar-refractivity contribution in [3.8, 4) is 22.7 Å². The van der Waals surface area contributed by atoms with Crippen LogP contribution in [0.3, 0.4) is 0 Å². The van der Waals surface area contributed by atoms with Crippen molar-refractivity contribution in [3.05, 3.63) is 82.3 Å². The van der Waals surface area contributed by atoms with Gasteiger partial charge >= 0.3 is 0 Å². The van der Waals surface area contributed by atoms with Gasteiger partial charge in [0.05, 0.1) is 18.0 Å². The van der Waals surface area contributed by atoms with Gasteiger partial charge in [0, 0.05) is 33.9 Å². The normalized spacial score (nSPS) is 14.6. The van der Waals surface area contributed by atoms with Gasteiger partial charge in [-0.15, -0.1) is 0 Å². The summed E-state index contributed by atoms with van der Waals surface area (Å²) in [5.74, 6) is 0.895. The maximum absolute atomic E-state index is 5.62. The van der Waals surface area contributed by atoms with Crippen LogP contribution >= 0.6 is 0 Å². The minimum atomic E-state index is -0.0599. The Bertz CT molecular complexity index is 1310. The lowest BCUT2D eigenvalue weighted by Gasteiger charge is -2.31. The van der Waals surface area contributed by atoms with Gasteiger partial charge in [-0.25, -0.2) is 4.68 Å². The van der Waals surface area contributed by atoms with Crippen molar-refractivity contribution in [2.45, 2.75) is 47.7 Å². The summed E-state index contributed by atoms with van der Waals surface area (Å²) in [7, 11) is 0. The zero-order chi connectivity index (χ0) is 22.6. The maximum atomic E-state index is 5.62. The standard InChI is InChI=1S/C27H30N4O/c1-7-32-22-10-8-21(9-11-22)30-19(5)15-23(20(30)6)27-28-26-17(3)12-16(2)13-24(26)25-14-18(4)29-31(25)27/h8-15,27-28H,7H2,1-6H3. The molecule has 1 aliphatic heterocycles. The number of hydrogen-bond acceptors (Lipinski definition) is 3. The molecule has 0 radical (unpaired) electrons. The highest BCUT2D eigenvalue weighted by molar-refractivity contribution is 5.82. The fraction of sp³-hybridized carbons (Fsp3) is 0.296.